The molecule has 0 radical (unpaired) electrons. The summed E-state index contributed by atoms with van der Waals surface area (Å²) < 4.78 is 2.75. The third kappa shape index (κ3) is 2.72. The van der Waals surface area contributed by atoms with Crippen molar-refractivity contribution in [1.82, 2.24) is 9.78 Å². The van der Waals surface area contributed by atoms with E-state index in [1.807, 2.05) is 26.0 Å². The molecule has 3 heterocycles. The second kappa shape index (κ2) is 5.66. The number of nitrogens with zero attached hydrogens (tertiary/aromatic N) is 1. The summed E-state index contributed by atoms with van der Waals surface area (Å²) in [6, 6.07) is 4.03. The number of carbonyl (C=O) groups excluding carboxylic acids is 1. The number of thiophene rings is 1. The number of nitrogens with one attached hydrogen (secondary N) is 2. The van der Waals surface area contributed by atoms with Crippen LogP contribution in [0.25, 0.3) is 0 Å². The van der Waals surface area contributed by atoms with Crippen LogP contribution in [0.2, 0.25) is 0 Å². The van der Waals surface area contributed by atoms with E-state index in [2.05, 4.69) is 26.3 Å². The highest BCUT2D eigenvalue weighted by molar-refractivity contribution is 9.11. The highest BCUT2D eigenvalue weighted by Crippen LogP contribution is 2.43. The van der Waals surface area contributed by atoms with Crippen LogP contribution in [0.1, 0.15) is 35.6 Å². The van der Waals surface area contributed by atoms with Gasteiger partial charge in [0, 0.05) is 10.9 Å². The maximum Gasteiger partial charge on any atom is 0.271 e. The van der Waals surface area contributed by atoms with E-state index in [9.17, 15) is 9.59 Å². The fourth-order valence-corrected chi connectivity index (χ4v) is 5.11. The Labute approximate surface area is 138 Å². The van der Waals surface area contributed by atoms with Gasteiger partial charge in [0.25, 0.3) is 5.56 Å². The standard InChI is InChI=1S/C13H14BrN3O2S2/c1-6(2)17-12-10(13(19)16-17)11(20-5-9(18)15-12)7-3-4-8(14)21-7/h3-4,6,11H,5H2,1-2H3,(H,15,18)(H,16,19)/t11-/m0/s1. The van der Waals surface area contributed by atoms with Crippen molar-refractivity contribution in [2.75, 3.05) is 11.1 Å². The fourth-order valence-electron chi connectivity index (χ4n) is 2.33. The van der Waals surface area contributed by atoms with E-state index < -0.39 is 0 Å². The number of rotatable bonds is 2. The first kappa shape index (κ1) is 14.9. The predicted molar refractivity (Wildman–Crippen MR) is 90.4 cm³/mol. The lowest BCUT2D eigenvalue weighted by molar-refractivity contribution is -0.113. The lowest BCUT2D eigenvalue weighted by atomic mass is 10.2. The number of hydrogen-bond donors (Lipinski definition) is 2. The third-order valence-electron chi connectivity index (χ3n) is 3.23. The van der Waals surface area contributed by atoms with Gasteiger partial charge in [0.1, 0.15) is 5.82 Å². The number of fused-ring (bicyclic) bond motifs is 1. The van der Waals surface area contributed by atoms with Gasteiger partial charge in [0.05, 0.1) is 20.4 Å². The molecular formula is C13H14BrN3O2S2. The third-order valence-corrected chi connectivity index (χ3v) is 6.32. The number of anilines is 1. The zero-order chi connectivity index (χ0) is 15.1. The van der Waals surface area contributed by atoms with E-state index in [0.29, 0.717) is 17.1 Å². The molecular weight excluding hydrogens is 374 g/mol. The highest BCUT2D eigenvalue weighted by atomic mass is 79.9. The van der Waals surface area contributed by atoms with Gasteiger partial charge in [0.2, 0.25) is 5.91 Å². The molecule has 21 heavy (non-hydrogen) atoms. The van der Waals surface area contributed by atoms with Crippen molar-refractivity contribution in [3.63, 3.8) is 0 Å². The summed E-state index contributed by atoms with van der Waals surface area (Å²) in [4.78, 5) is 25.4. The summed E-state index contributed by atoms with van der Waals surface area (Å²) in [5, 5.41) is 5.57. The van der Waals surface area contributed by atoms with Crippen LogP contribution in [0.3, 0.4) is 0 Å². The summed E-state index contributed by atoms with van der Waals surface area (Å²) in [7, 11) is 0. The van der Waals surface area contributed by atoms with Crippen molar-refractivity contribution in [3.8, 4) is 0 Å². The molecule has 0 spiro atoms. The minimum absolute atomic E-state index is 0.0700. The van der Waals surface area contributed by atoms with E-state index in [4.69, 9.17) is 0 Å². The zero-order valence-corrected chi connectivity index (χ0v) is 14.7. The van der Waals surface area contributed by atoms with Crippen LogP contribution in [-0.4, -0.2) is 21.4 Å². The van der Waals surface area contributed by atoms with Crippen LogP contribution < -0.4 is 10.9 Å². The molecule has 0 saturated carbocycles. The maximum absolute atomic E-state index is 12.4. The van der Waals surface area contributed by atoms with Crippen LogP contribution in [0.5, 0.6) is 0 Å². The van der Waals surface area contributed by atoms with Crippen molar-refractivity contribution < 1.29 is 4.79 Å². The molecule has 3 rings (SSSR count). The number of H-pyrrole nitrogens is 1. The van der Waals surface area contributed by atoms with Crippen LogP contribution in [0.4, 0.5) is 5.82 Å². The van der Waals surface area contributed by atoms with E-state index in [-0.39, 0.29) is 22.8 Å². The topological polar surface area (TPSA) is 66.9 Å². The number of halogens is 1. The number of aromatic amines is 1. The quantitative estimate of drug-likeness (QED) is 0.829. The van der Waals surface area contributed by atoms with Gasteiger partial charge < -0.3 is 5.32 Å². The zero-order valence-electron chi connectivity index (χ0n) is 11.5. The van der Waals surface area contributed by atoms with Gasteiger partial charge in [-0.25, -0.2) is 0 Å². The lowest BCUT2D eigenvalue weighted by Gasteiger charge is -2.13. The minimum Gasteiger partial charge on any atom is -0.310 e. The molecule has 2 aromatic rings. The Morgan fingerprint density at radius 1 is 1.38 bits per heavy atom. The second-order valence-corrected chi connectivity index (χ2v) is 8.64. The number of carbonyl (C=O) groups is 1. The highest BCUT2D eigenvalue weighted by Gasteiger charge is 2.31. The van der Waals surface area contributed by atoms with Crippen molar-refractivity contribution in [2.24, 2.45) is 0 Å². The SMILES string of the molecule is CC(C)n1[nH]c(=O)c2c1NC(=O)CS[C@H]2c1ccc(Br)s1. The van der Waals surface area contributed by atoms with Gasteiger partial charge in [-0.3, -0.25) is 19.4 Å². The Balaban J connectivity index is 2.18. The van der Waals surface area contributed by atoms with Gasteiger partial charge in [-0.05, 0) is 41.9 Å². The predicted octanol–water partition coefficient (Wildman–Crippen LogP) is 3.36. The Hall–Kier alpha value is -0.990. The number of hydrogen-bond acceptors (Lipinski definition) is 4. The van der Waals surface area contributed by atoms with E-state index >= 15 is 0 Å². The molecule has 1 amide bonds. The van der Waals surface area contributed by atoms with E-state index in [0.717, 1.165) is 8.66 Å². The largest absolute Gasteiger partial charge is 0.310 e. The first-order valence-corrected chi connectivity index (χ1v) is 9.14. The molecule has 0 bridgehead atoms. The molecule has 112 valence electrons. The maximum atomic E-state index is 12.4. The Morgan fingerprint density at radius 3 is 2.76 bits per heavy atom. The van der Waals surface area contributed by atoms with Crippen molar-refractivity contribution in [1.29, 1.82) is 0 Å². The fraction of sp³-hybridized carbons (Fsp3) is 0.385. The van der Waals surface area contributed by atoms with Crippen molar-refractivity contribution in [3.05, 3.63) is 36.7 Å². The monoisotopic (exact) mass is 387 g/mol. The number of thioether (sulfide) groups is 1. The van der Waals surface area contributed by atoms with Crippen molar-refractivity contribution >= 4 is 50.8 Å². The van der Waals surface area contributed by atoms with Gasteiger partial charge in [-0.1, -0.05) is 0 Å². The smallest absolute Gasteiger partial charge is 0.271 e. The van der Waals surface area contributed by atoms with Gasteiger partial charge >= 0.3 is 0 Å². The average Bonchev–Trinajstić information content (AvgIpc) is 2.91. The molecule has 2 aromatic heterocycles. The van der Waals surface area contributed by atoms with Crippen LogP contribution in [-0.2, 0) is 4.79 Å². The van der Waals surface area contributed by atoms with Crippen molar-refractivity contribution in [2.45, 2.75) is 25.1 Å². The number of amides is 1. The second-order valence-electron chi connectivity index (χ2n) is 5.05. The Bertz CT molecular complexity index is 747. The molecule has 1 aliphatic rings. The molecule has 0 saturated heterocycles. The molecule has 1 atom stereocenters. The van der Waals surface area contributed by atoms with Gasteiger partial charge in [0.15, 0.2) is 0 Å². The molecule has 5 nitrogen and oxygen atoms in total. The Morgan fingerprint density at radius 2 is 2.14 bits per heavy atom. The normalized spacial score (nSPS) is 18.5. The molecule has 0 aromatic carbocycles. The van der Waals surface area contributed by atoms with Crippen LogP contribution >= 0.6 is 39.0 Å². The lowest BCUT2D eigenvalue weighted by Crippen LogP contribution is -2.17. The minimum atomic E-state index is -0.136. The molecule has 0 aliphatic carbocycles. The molecule has 8 heteroatoms. The van der Waals surface area contributed by atoms with E-state index in [1.54, 1.807) is 16.0 Å². The van der Waals surface area contributed by atoms with Crippen LogP contribution in [0, 0.1) is 0 Å². The van der Waals surface area contributed by atoms with Gasteiger partial charge in [-0.15, -0.1) is 23.1 Å². The first-order chi connectivity index (χ1) is 9.97. The average molecular weight is 388 g/mol. The molecule has 0 unspecified atom stereocenters. The summed E-state index contributed by atoms with van der Waals surface area (Å²) in [5.74, 6) is 0.860. The van der Waals surface area contributed by atoms with Gasteiger partial charge in [-0.2, -0.15) is 0 Å². The molecule has 2 N–H and O–H groups in total. The first-order valence-electron chi connectivity index (χ1n) is 6.48. The summed E-state index contributed by atoms with van der Waals surface area (Å²) in [5.41, 5.74) is 0.497. The van der Waals surface area contributed by atoms with Crippen LogP contribution in [0.15, 0.2) is 20.7 Å². The molecule has 1 aliphatic heterocycles. The Kier molecular flexibility index (Phi) is 4.02. The molecule has 0 fully saturated rings. The summed E-state index contributed by atoms with van der Waals surface area (Å²) in [6.45, 7) is 3.94. The van der Waals surface area contributed by atoms with E-state index in [1.165, 1.54) is 11.8 Å². The summed E-state index contributed by atoms with van der Waals surface area (Å²) in [6.07, 6.45) is 0. The summed E-state index contributed by atoms with van der Waals surface area (Å²) >= 11 is 6.53. The number of aromatic nitrogens is 2.